The number of hydrazine groups is 1. The van der Waals surface area contributed by atoms with Gasteiger partial charge in [-0.25, -0.2) is 15.5 Å². The summed E-state index contributed by atoms with van der Waals surface area (Å²) in [5.74, 6) is 5.82. The highest BCUT2D eigenvalue weighted by Crippen LogP contribution is 2.15. The number of aromatic nitrogens is 2. The van der Waals surface area contributed by atoms with Gasteiger partial charge in [0.25, 0.3) is 0 Å². The van der Waals surface area contributed by atoms with Gasteiger partial charge in [0.05, 0.1) is 6.20 Å². The van der Waals surface area contributed by atoms with Crippen molar-refractivity contribution in [3.8, 4) is 6.07 Å². The van der Waals surface area contributed by atoms with Crippen LogP contribution >= 0.6 is 0 Å². The zero-order chi connectivity index (χ0) is 9.84. The molecule has 1 rings (SSSR count). The van der Waals surface area contributed by atoms with Gasteiger partial charge in [0, 0.05) is 14.1 Å². The number of hydrogen-bond donors (Lipinski definition) is 1. The second kappa shape index (κ2) is 3.69. The Balaban J connectivity index is 3.00. The normalized spacial score (nSPS) is 10.3. The summed E-state index contributed by atoms with van der Waals surface area (Å²) >= 11 is 0. The molecule has 0 radical (unpaired) electrons. The van der Waals surface area contributed by atoms with E-state index < -0.39 is 0 Å². The van der Waals surface area contributed by atoms with Crippen molar-refractivity contribution in [3.05, 3.63) is 11.8 Å². The van der Waals surface area contributed by atoms with Gasteiger partial charge >= 0.3 is 0 Å². The van der Waals surface area contributed by atoms with E-state index in [1.165, 1.54) is 22.2 Å². The van der Waals surface area contributed by atoms with Crippen LogP contribution in [0.1, 0.15) is 5.56 Å². The molecule has 0 saturated heterocycles. The largest absolute Gasteiger partial charge is 0.304 e. The van der Waals surface area contributed by atoms with Crippen LogP contribution in [0.3, 0.4) is 0 Å². The monoisotopic (exact) mass is 178 g/mol. The first-order chi connectivity index (χ1) is 6.15. The third kappa shape index (κ3) is 2.04. The summed E-state index contributed by atoms with van der Waals surface area (Å²) in [5, 5.41) is 13.9. The maximum atomic E-state index is 8.67. The minimum Gasteiger partial charge on any atom is -0.304 e. The molecule has 68 valence electrons. The van der Waals surface area contributed by atoms with E-state index in [1.54, 1.807) is 14.1 Å². The summed E-state index contributed by atoms with van der Waals surface area (Å²) in [6.07, 6.45) is 2.88. The van der Waals surface area contributed by atoms with E-state index in [-0.39, 0.29) is 0 Å². The fourth-order valence-electron chi connectivity index (χ4n) is 0.809. The Morgan fingerprint density at radius 3 is 3.08 bits per heavy atom. The van der Waals surface area contributed by atoms with Gasteiger partial charge in [0.15, 0.2) is 5.82 Å². The Bertz CT molecular complexity index is 356. The molecule has 1 heterocycles. The van der Waals surface area contributed by atoms with Crippen molar-refractivity contribution < 1.29 is 0 Å². The van der Waals surface area contributed by atoms with Crippen molar-refractivity contribution >= 4 is 12.2 Å². The summed E-state index contributed by atoms with van der Waals surface area (Å²) in [6, 6.07) is 1.98. The maximum Gasteiger partial charge on any atom is 0.169 e. The molecule has 6 heteroatoms. The molecule has 0 fully saturated rings. The summed E-state index contributed by atoms with van der Waals surface area (Å²) in [5.41, 5.74) is 0.431. The second-order valence-electron chi connectivity index (χ2n) is 2.53. The van der Waals surface area contributed by atoms with E-state index in [9.17, 15) is 0 Å². The Hall–Kier alpha value is -1.87. The van der Waals surface area contributed by atoms with Crippen LogP contribution in [-0.2, 0) is 7.05 Å². The topological polar surface area (TPSA) is 83.2 Å². The average molecular weight is 178 g/mol. The predicted molar refractivity (Wildman–Crippen MR) is 48.0 cm³/mol. The molecule has 1 aromatic heterocycles. The number of nitriles is 1. The fourth-order valence-corrected chi connectivity index (χ4v) is 0.809. The van der Waals surface area contributed by atoms with Gasteiger partial charge in [0.2, 0.25) is 0 Å². The number of nitrogens with two attached hydrogens (primary N) is 1. The molecule has 0 aliphatic rings. The SMILES string of the molecule is CN(N)/C=N/c1c(C#N)cnn1C. The van der Waals surface area contributed by atoms with Gasteiger partial charge in [-0.15, -0.1) is 0 Å². The Morgan fingerprint density at radius 1 is 1.85 bits per heavy atom. The van der Waals surface area contributed by atoms with Crippen LogP contribution in [0.15, 0.2) is 11.2 Å². The van der Waals surface area contributed by atoms with Gasteiger partial charge in [-0.05, 0) is 0 Å². The van der Waals surface area contributed by atoms with Crippen LogP contribution in [0.4, 0.5) is 5.82 Å². The van der Waals surface area contributed by atoms with Gasteiger partial charge in [-0.3, -0.25) is 0 Å². The van der Waals surface area contributed by atoms with Gasteiger partial charge in [0.1, 0.15) is 18.0 Å². The lowest BCUT2D eigenvalue weighted by Gasteiger charge is -2.01. The van der Waals surface area contributed by atoms with Crippen LogP contribution in [0, 0.1) is 11.3 Å². The first-order valence-electron chi connectivity index (χ1n) is 3.59. The Labute approximate surface area is 75.9 Å². The van der Waals surface area contributed by atoms with Crippen molar-refractivity contribution in [1.82, 2.24) is 14.8 Å². The zero-order valence-electron chi connectivity index (χ0n) is 7.47. The first kappa shape index (κ1) is 9.22. The van der Waals surface area contributed by atoms with E-state index in [0.717, 1.165) is 0 Å². The minimum atomic E-state index is 0.431. The molecular formula is C7H10N6. The van der Waals surface area contributed by atoms with Gasteiger partial charge in [-0.2, -0.15) is 10.4 Å². The lowest BCUT2D eigenvalue weighted by atomic mass is 10.4. The van der Waals surface area contributed by atoms with Crippen molar-refractivity contribution in [2.24, 2.45) is 17.9 Å². The van der Waals surface area contributed by atoms with Crippen molar-refractivity contribution in [2.75, 3.05) is 7.05 Å². The number of aliphatic imine (C=N–C) groups is 1. The van der Waals surface area contributed by atoms with Crippen molar-refractivity contribution in [3.63, 3.8) is 0 Å². The molecular weight excluding hydrogens is 168 g/mol. The second-order valence-corrected chi connectivity index (χ2v) is 2.53. The van der Waals surface area contributed by atoms with E-state index in [4.69, 9.17) is 11.1 Å². The van der Waals surface area contributed by atoms with E-state index in [1.807, 2.05) is 6.07 Å². The highest BCUT2D eigenvalue weighted by Gasteiger charge is 2.04. The summed E-state index contributed by atoms with van der Waals surface area (Å²) < 4.78 is 1.51. The van der Waals surface area contributed by atoms with E-state index >= 15 is 0 Å². The summed E-state index contributed by atoms with van der Waals surface area (Å²) in [4.78, 5) is 3.99. The molecule has 2 N–H and O–H groups in total. The standard InChI is InChI=1S/C7H10N6/c1-12(9)5-10-7-6(3-8)4-11-13(7)2/h4-5H,9H2,1-2H3/b10-5+. The zero-order valence-corrected chi connectivity index (χ0v) is 7.47. The molecule has 0 aliphatic carbocycles. The molecule has 0 saturated carbocycles. The van der Waals surface area contributed by atoms with Crippen LogP contribution in [0.2, 0.25) is 0 Å². The molecule has 0 unspecified atom stereocenters. The number of nitrogens with zero attached hydrogens (tertiary/aromatic N) is 5. The molecule has 13 heavy (non-hydrogen) atoms. The first-order valence-corrected chi connectivity index (χ1v) is 3.59. The van der Waals surface area contributed by atoms with Crippen molar-refractivity contribution in [2.45, 2.75) is 0 Å². The quantitative estimate of drug-likeness (QED) is 0.293. The third-order valence-electron chi connectivity index (χ3n) is 1.39. The maximum absolute atomic E-state index is 8.67. The molecule has 0 spiro atoms. The van der Waals surface area contributed by atoms with Crippen LogP contribution in [-0.4, -0.2) is 28.2 Å². The lowest BCUT2D eigenvalue weighted by molar-refractivity contribution is 0.555. The van der Waals surface area contributed by atoms with E-state index in [0.29, 0.717) is 11.4 Å². The highest BCUT2D eigenvalue weighted by atomic mass is 15.4. The lowest BCUT2D eigenvalue weighted by Crippen LogP contribution is -2.23. The molecule has 1 aromatic rings. The molecule has 0 aliphatic heterocycles. The third-order valence-corrected chi connectivity index (χ3v) is 1.39. The fraction of sp³-hybridized carbons (Fsp3) is 0.286. The summed E-state index contributed by atoms with van der Waals surface area (Å²) in [7, 11) is 3.36. The highest BCUT2D eigenvalue weighted by molar-refractivity contribution is 5.61. The summed E-state index contributed by atoms with van der Waals surface area (Å²) in [6.45, 7) is 0. The van der Waals surface area contributed by atoms with Crippen LogP contribution < -0.4 is 5.84 Å². The number of rotatable bonds is 2. The molecule has 6 nitrogen and oxygen atoms in total. The van der Waals surface area contributed by atoms with Gasteiger partial charge < -0.3 is 5.01 Å². The average Bonchev–Trinajstić information content (AvgIpc) is 2.43. The van der Waals surface area contributed by atoms with Crippen LogP contribution in [0.25, 0.3) is 0 Å². The molecule has 0 bridgehead atoms. The molecule has 0 amide bonds. The molecule has 0 aromatic carbocycles. The minimum absolute atomic E-state index is 0.431. The van der Waals surface area contributed by atoms with Gasteiger partial charge in [-0.1, -0.05) is 0 Å². The molecule has 0 atom stereocenters. The number of hydrogen-bond acceptors (Lipinski definition) is 4. The van der Waals surface area contributed by atoms with Crippen molar-refractivity contribution in [1.29, 1.82) is 5.26 Å². The van der Waals surface area contributed by atoms with E-state index in [2.05, 4.69) is 10.1 Å². The smallest absolute Gasteiger partial charge is 0.169 e. The Kier molecular flexibility index (Phi) is 2.62. The Morgan fingerprint density at radius 2 is 2.54 bits per heavy atom. The van der Waals surface area contributed by atoms with Crippen LogP contribution in [0.5, 0.6) is 0 Å². The number of aryl methyl sites for hydroxylation is 1. The predicted octanol–water partition coefficient (Wildman–Crippen LogP) is -0.243.